The van der Waals surface area contributed by atoms with Crippen molar-refractivity contribution in [3.05, 3.63) is 129 Å². The molecule has 11 heteroatoms. The maximum atomic E-state index is 4.77. The second-order valence-electron chi connectivity index (χ2n) is 10.1. The maximum Gasteiger partial charge on any atom is 0.0812 e. The minimum Gasteiger partial charge on any atom is -0.255 e. The average molecular weight is 1030 g/mol. The fourth-order valence-corrected chi connectivity index (χ4v) is 5.53. The molecule has 0 fully saturated rings. The van der Waals surface area contributed by atoms with Crippen LogP contribution in [0.25, 0.3) is 22.3 Å². The molecule has 4 nitrogen and oxygen atoms in total. The van der Waals surface area contributed by atoms with Crippen molar-refractivity contribution in [2.75, 3.05) is 0 Å². The zero-order valence-corrected chi connectivity index (χ0v) is 36.1. The van der Waals surface area contributed by atoms with Crippen molar-refractivity contribution in [3.8, 4) is 22.3 Å². The summed E-state index contributed by atoms with van der Waals surface area (Å²) in [6.45, 7) is 10.7. The molecule has 0 spiro atoms. The van der Waals surface area contributed by atoms with E-state index in [2.05, 4.69) is 96.9 Å². The van der Waals surface area contributed by atoms with Gasteiger partial charge in [-0.3, -0.25) is 20.0 Å². The Hall–Kier alpha value is -1.31. The van der Waals surface area contributed by atoms with Crippen molar-refractivity contribution >= 4 is 108 Å². The molecule has 0 aliphatic carbocycles. The van der Waals surface area contributed by atoms with E-state index in [0.29, 0.717) is 0 Å². The molecule has 5 rings (SSSR count). The number of aryl methyl sites for hydroxylation is 4. The molecule has 250 valence electrons. The van der Waals surface area contributed by atoms with E-state index in [1.807, 2.05) is 48.8 Å². The molecule has 0 N–H and O–H groups in total. The summed E-state index contributed by atoms with van der Waals surface area (Å²) in [7, 11) is 0. The van der Waals surface area contributed by atoms with Gasteiger partial charge in [0.25, 0.3) is 0 Å². The first-order valence-corrected chi connectivity index (χ1v) is 14.0. The predicted molar refractivity (Wildman–Crippen MR) is 213 cm³/mol. The third-order valence-electron chi connectivity index (χ3n) is 7.00. The molecule has 0 aliphatic rings. The first kappa shape index (κ1) is 46.8. The second-order valence-corrected chi connectivity index (χ2v) is 11.0. The molecule has 0 unspecified atom stereocenters. The van der Waals surface area contributed by atoms with Gasteiger partial charge in [-0.15, -0.1) is 67.9 Å². The van der Waals surface area contributed by atoms with E-state index in [0.717, 1.165) is 49.5 Å². The largest absolute Gasteiger partial charge is 0.255 e. The Bertz CT molecular complexity index is 1590. The molecule has 0 radical (unpaired) electrons. The van der Waals surface area contributed by atoms with Gasteiger partial charge in [-0.05, 0) is 145 Å². The topological polar surface area (TPSA) is 50.5 Å². The fourth-order valence-electron chi connectivity index (χ4n) is 5.07. The van der Waals surface area contributed by atoms with E-state index in [9.17, 15) is 0 Å². The Labute approximate surface area is 342 Å². The SMILES string of the molecule is Br.Br.Br.Br.Cc1cc(-c2cc(Br)cc(-c3cc(C)c(N=Cc4ccccn4)c(C)c3)c2C)cc(C)c1N=Cc1ccccn1.[Ni].[Ni]. The second kappa shape index (κ2) is 21.6. The summed E-state index contributed by atoms with van der Waals surface area (Å²) in [6.07, 6.45) is 7.21. The standard InChI is InChI=1S/C35H31BrN4.4BrH.2Ni/c1-22-14-27(15-23(2)34(22)39-20-30-10-6-8-12-37-30)32-18-29(36)19-33(26(32)5)28-16-24(3)35(25(4)17-28)40-21-31-11-7-9-13-38-31;;;;;;/h6-21H,1-5H3;4*1H;;. The number of rotatable bonds is 6. The third-order valence-corrected chi connectivity index (χ3v) is 7.46. The monoisotopic (exact) mass is 1020 g/mol. The molecule has 2 heterocycles. The van der Waals surface area contributed by atoms with Crippen molar-refractivity contribution in [3.63, 3.8) is 0 Å². The van der Waals surface area contributed by atoms with Crippen LogP contribution in [0, 0.1) is 34.6 Å². The smallest absolute Gasteiger partial charge is 0.0812 e. The number of pyridine rings is 2. The van der Waals surface area contributed by atoms with E-state index in [1.54, 1.807) is 12.4 Å². The first-order chi connectivity index (χ1) is 19.3. The number of nitrogens with zero attached hydrogens (tertiary/aromatic N) is 4. The van der Waals surface area contributed by atoms with E-state index >= 15 is 0 Å². The zero-order valence-electron chi connectivity index (χ0n) is 25.7. The number of hydrogen-bond donors (Lipinski definition) is 0. The molecule has 0 bridgehead atoms. The van der Waals surface area contributed by atoms with Crippen LogP contribution < -0.4 is 0 Å². The molecule has 0 amide bonds. The van der Waals surface area contributed by atoms with Crippen LogP contribution in [-0.4, -0.2) is 22.4 Å². The van der Waals surface area contributed by atoms with Crippen LogP contribution in [0.15, 0.2) is 99.6 Å². The Balaban J connectivity index is 0. The molecular formula is C35H35Br5N4Ni2. The van der Waals surface area contributed by atoms with Gasteiger partial charge < -0.3 is 0 Å². The van der Waals surface area contributed by atoms with Gasteiger partial charge in [0.05, 0.1) is 35.2 Å². The van der Waals surface area contributed by atoms with Crippen LogP contribution in [0.3, 0.4) is 0 Å². The summed E-state index contributed by atoms with van der Waals surface area (Å²) < 4.78 is 1.04. The van der Waals surface area contributed by atoms with Gasteiger partial charge in [-0.1, -0.05) is 28.1 Å². The molecule has 3 aromatic carbocycles. The minimum atomic E-state index is 0. The van der Waals surface area contributed by atoms with Gasteiger partial charge in [0.2, 0.25) is 0 Å². The molecular weight excluding hydrogens is 993 g/mol. The summed E-state index contributed by atoms with van der Waals surface area (Å²) in [4.78, 5) is 18.2. The Kier molecular flexibility index (Phi) is 22.0. The minimum absolute atomic E-state index is 0. The van der Waals surface area contributed by atoms with Gasteiger partial charge in [-0.2, -0.15) is 0 Å². The number of aliphatic imine (C=N–C) groups is 2. The summed E-state index contributed by atoms with van der Waals surface area (Å²) >= 11 is 3.79. The van der Waals surface area contributed by atoms with Gasteiger partial charge in [0.15, 0.2) is 0 Å². The molecule has 2 aromatic heterocycles. The van der Waals surface area contributed by atoms with Crippen LogP contribution in [-0.2, 0) is 33.0 Å². The molecule has 0 aliphatic heterocycles. The predicted octanol–water partition coefficient (Wildman–Crippen LogP) is 11.9. The molecule has 0 atom stereocenters. The summed E-state index contributed by atoms with van der Waals surface area (Å²) in [6, 6.07) is 25.0. The first-order valence-electron chi connectivity index (χ1n) is 13.2. The van der Waals surface area contributed by atoms with Crippen molar-refractivity contribution in [1.82, 2.24) is 9.97 Å². The van der Waals surface area contributed by atoms with Crippen LogP contribution in [0.5, 0.6) is 0 Å². The molecule has 5 aromatic rings. The van der Waals surface area contributed by atoms with Gasteiger partial charge in [0, 0.05) is 49.8 Å². The van der Waals surface area contributed by atoms with E-state index in [-0.39, 0.29) is 101 Å². The Morgan fingerprint density at radius 1 is 0.543 bits per heavy atom. The van der Waals surface area contributed by atoms with Crippen LogP contribution >= 0.6 is 83.9 Å². The van der Waals surface area contributed by atoms with Crippen LogP contribution in [0.4, 0.5) is 11.4 Å². The van der Waals surface area contributed by atoms with Crippen LogP contribution in [0.2, 0.25) is 0 Å². The molecule has 0 saturated heterocycles. The number of aromatic nitrogens is 2. The normalized spacial score (nSPS) is 10.0. The van der Waals surface area contributed by atoms with E-state index in [1.165, 1.54) is 27.8 Å². The van der Waals surface area contributed by atoms with Crippen molar-refractivity contribution in [1.29, 1.82) is 0 Å². The summed E-state index contributed by atoms with van der Waals surface area (Å²) in [5.74, 6) is 0. The fraction of sp³-hybridized carbons (Fsp3) is 0.143. The van der Waals surface area contributed by atoms with Gasteiger partial charge in [-0.25, -0.2) is 0 Å². The quantitative estimate of drug-likeness (QED) is 0.126. The number of hydrogen-bond acceptors (Lipinski definition) is 4. The van der Waals surface area contributed by atoms with Crippen LogP contribution in [0.1, 0.15) is 39.2 Å². The summed E-state index contributed by atoms with van der Waals surface area (Å²) in [5.41, 5.74) is 14.2. The van der Waals surface area contributed by atoms with Gasteiger partial charge >= 0.3 is 0 Å². The van der Waals surface area contributed by atoms with E-state index in [4.69, 9.17) is 9.98 Å². The zero-order chi connectivity index (χ0) is 28.2. The van der Waals surface area contributed by atoms with Crippen molar-refractivity contribution in [2.45, 2.75) is 34.6 Å². The van der Waals surface area contributed by atoms with Crippen molar-refractivity contribution in [2.24, 2.45) is 9.98 Å². The Morgan fingerprint density at radius 2 is 0.891 bits per heavy atom. The molecule has 46 heavy (non-hydrogen) atoms. The van der Waals surface area contributed by atoms with E-state index < -0.39 is 0 Å². The molecule has 0 saturated carbocycles. The van der Waals surface area contributed by atoms with Crippen molar-refractivity contribution < 1.29 is 33.0 Å². The van der Waals surface area contributed by atoms with Gasteiger partial charge in [0.1, 0.15) is 0 Å². The number of benzene rings is 3. The maximum absolute atomic E-state index is 4.77. The Morgan fingerprint density at radius 3 is 1.20 bits per heavy atom. The summed E-state index contributed by atoms with van der Waals surface area (Å²) in [5, 5.41) is 0. The third kappa shape index (κ3) is 11.4. The number of halogens is 5. The average Bonchev–Trinajstić information content (AvgIpc) is 2.94.